The molecule has 1 atom stereocenters. The lowest BCUT2D eigenvalue weighted by Crippen LogP contribution is -2.46. The van der Waals surface area contributed by atoms with Gasteiger partial charge in [0, 0.05) is 45.1 Å². The minimum absolute atomic E-state index is 0.0135. The number of nitrogens with zero attached hydrogens (tertiary/aromatic N) is 3. The summed E-state index contributed by atoms with van der Waals surface area (Å²) < 4.78 is 7.20. The molecule has 0 spiro atoms. The van der Waals surface area contributed by atoms with E-state index in [9.17, 15) is 9.59 Å². The maximum atomic E-state index is 13.1. The van der Waals surface area contributed by atoms with Gasteiger partial charge in [0.05, 0.1) is 19.7 Å². The second-order valence-electron chi connectivity index (χ2n) is 7.43. The van der Waals surface area contributed by atoms with E-state index in [0.717, 1.165) is 37.8 Å². The number of amides is 2. The number of unbranched alkanes of at least 4 members (excludes halogenated alkanes) is 1. The molecule has 28 heavy (non-hydrogen) atoms. The summed E-state index contributed by atoms with van der Waals surface area (Å²) in [6, 6.07) is 3.99. The molecule has 1 heterocycles. The molecule has 0 N–H and O–H groups in total. The average Bonchev–Trinajstić information content (AvgIpc) is 3.09. The van der Waals surface area contributed by atoms with Crippen molar-refractivity contribution in [2.45, 2.75) is 59.4 Å². The number of carbonyl (C=O) groups is 2. The Morgan fingerprint density at radius 1 is 1.14 bits per heavy atom. The van der Waals surface area contributed by atoms with Gasteiger partial charge in [-0.3, -0.25) is 9.59 Å². The number of methoxy groups -OCH3 is 1. The first-order valence-corrected chi connectivity index (χ1v) is 10.6. The number of rotatable bonds is 14. The van der Waals surface area contributed by atoms with Crippen LogP contribution < -0.4 is 0 Å². The molecule has 1 aromatic rings. The van der Waals surface area contributed by atoms with Crippen LogP contribution in [0.2, 0.25) is 0 Å². The van der Waals surface area contributed by atoms with Crippen molar-refractivity contribution in [3.8, 4) is 0 Å². The Hall–Kier alpha value is -1.82. The molecule has 0 unspecified atom stereocenters. The van der Waals surface area contributed by atoms with Gasteiger partial charge in [-0.25, -0.2) is 0 Å². The molecule has 2 amide bonds. The first-order chi connectivity index (χ1) is 13.5. The fourth-order valence-electron chi connectivity index (χ4n) is 3.36. The summed E-state index contributed by atoms with van der Waals surface area (Å²) in [6.45, 7) is 8.52. The Morgan fingerprint density at radius 2 is 1.89 bits per heavy atom. The zero-order valence-electron chi connectivity index (χ0n) is 18.4. The largest absolute Gasteiger partial charge is 0.383 e. The molecule has 0 saturated heterocycles. The van der Waals surface area contributed by atoms with Crippen LogP contribution in [0.3, 0.4) is 0 Å². The van der Waals surface area contributed by atoms with Crippen molar-refractivity contribution in [3.63, 3.8) is 0 Å². The van der Waals surface area contributed by atoms with E-state index in [1.807, 2.05) is 36.9 Å². The van der Waals surface area contributed by atoms with Crippen LogP contribution in [0.4, 0.5) is 0 Å². The van der Waals surface area contributed by atoms with Crippen LogP contribution in [-0.2, 0) is 27.9 Å². The molecule has 6 nitrogen and oxygen atoms in total. The molecule has 160 valence electrons. The summed E-state index contributed by atoms with van der Waals surface area (Å²) in [6.07, 6.45) is 6.67. The Bertz CT molecular complexity index is 585. The molecular weight excluding hydrogens is 354 g/mol. The lowest BCUT2D eigenvalue weighted by Gasteiger charge is -2.30. The lowest BCUT2D eigenvalue weighted by molar-refractivity contribution is -0.143. The quantitative estimate of drug-likeness (QED) is 0.486. The maximum Gasteiger partial charge on any atom is 0.242 e. The molecule has 0 aromatic carbocycles. The van der Waals surface area contributed by atoms with Gasteiger partial charge in [0.15, 0.2) is 0 Å². The molecule has 1 aromatic heterocycles. The van der Waals surface area contributed by atoms with Gasteiger partial charge in [0.2, 0.25) is 11.8 Å². The van der Waals surface area contributed by atoms with E-state index >= 15 is 0 Å². The van der Waals surface area contributed by atoms with Crippen molar-refractivity contribution < 1.29 is 14.3 Å². The molecule has 1 rings (SSSR count). The zero-order valence-corrected chi connectivity index (χ0v) is 18.4. The second kappa shape index (κ2) is 13.4. The summed E-state index contributed by atoms with van der Waals surface area (Å²) in [5, 5.41) is 0. The van der Waals surface area contributed by atoms with Gasteiger partial charge in [-0.05, 0) is 31.4 Å². The third-order valence-electron chi connectivity index (χ3n) is 5.20. The van der Waals surface area contributed by atoms with Crippen molar-refractivity contribution >= 4 is 11.8 Å². The summed E-state index contributed by atoms with van der Waals surface area (Å²) in [4.78, 5) is 29.7. The van der Waals surface area contributed by atoms with E-state index in [4.69, 9.17) is 4.74 Å². The van der Waals surface area contributed by atoms with Crippen LogP contribution in [-0.4, -0.2) is 59.5 Å². The highest BCUT2D eigenvalue weighted by Gasteiger charge is 2.26. The predicted molar refractivity (Wildman–Crippen MR) is 113 cm³/mol. The number of hydrogen-bond donors (Lipinski definition) is 0. The monoisotopic (exact) mass is 393 g/mol. The molecule has 0 bridgehead atoms. The number of ether oxygens (including phenoxy) is 1. The lowest BCUT2D eigenvalue weighted by atomic mass is 9.97. The zero-order chi connectivity index (χ0) is 20.9. The van der Waals surface area contributed by atoms with Crippen LogP contribution >= 0.6 is 0 Å². The van der Waals surface area contributed by atoms with E-state index in [0.29, 0.717) is 26.2 Å². The van der Waals surface area contributed by atoms with Crippen LogP contribution in [0.15, 0.2) is 18.3 Å². The Morgan fingerprint density at radius 3 is 2.43 bits per heavy atom. The number of hydrogen-bond acceptors (Lipinski definition) is 3. The van der Waals surface area contributed by atoms with E-state index < -0.39 is 0 Å². The molecule has 0 aliphatic carbocycles. The predicted octanol–water partition coefficient (Wildman–Crippen LogP) is 3.46. The number of aryl methyl sites for hydroxylation is 1. The fraction of sp³-hybridized carbons (Fsp3) is 0.727. The van der Waals surface area contributed by atoms with Crippen LogP contribution in [0.1, 0.15) is 58.6 Å². The van der Waals surface area contributed by atoms with E-state index in [2.05, 4.69) is 13.8 Å². The smallest absolute Gasteiger partial charge is 0.242 e. The molecule has 0 aliphatic heterocycles. The Balaban J connectivity index is 2.86. The van der Waals surface area contributed by atoms with Gasteiger partial charge in [0.1, 0.15) is 0 Å². The highest BCUT2D eigenvalue weighted by Crippen LogP contribution is 2.17. The van der Waals surface area contributed by atoms with Crippen molar-refractivity contribution in [2.75, 3.05) is 33.4 Å². The van der Waals surface area contributed by atoms with E-state index in [1.54, 1.807) is 16.9 Å². The molecular formula is C22H39N3O3. The molecule has 0 radical (unpaired) electrons. The molecule has 0 saturated carbocycles. The van der Waals surface area contributed by atoms with Crippen LogP contribution in [0.5, 0.6) is 0 Å². The molecule has 6 heteroatoms. The van der Waals surface area contributed by atoms with Crippen LogP contribution in [0.25, 0.3) is 0 Å². The van der Waals surface area contributed by atoms with E-state index in [1.165, 1.54) is 0 Å². The Kier molecular flexibility index (Phi) is 11.6. The van der Waals surface area contributed by atoms with Crippen molar-refractivity contribution in [1.82, 2.24) is 14.4 Å². The van der Waals surface area contributed by atoms with Crippen LogP contribution in [0, 0.1) is 5.92 Å². The Labute approximate surface area is 170 Å². The molecule has 0 aliphatic rings. The highest BCUT2D eigenvalue weighted by atomic mass is 16.5. The normalized spacial score (nSPS) is 12.0. The summed E-state index contributed by atoms with van der Waals surface area (Å²) in [5.74, 6) is 0.113. The van der Waals surface area contributed by atoms with Gasteiger partial charge >= 0.3 is 0 Å². The van der Waals surface area contributed by atoms with Gasteiger partial charge in [-0.15, -0.1) is 0 Å². The third-order valence-corrected chi connectivity index (χ3v) is 5.20. The first kappa shape index (κ1) is 24.2. The minimum Gasteiger partial charge on any atom is -0.383 e. The van der Waals surface area contributed by atoms with Crippen molar-refractivity contribution in [3.05, 3.63) is 24.0 Å². The fourth-order valence-corrected chi connectivity index (χ4v) is 3.36. The first-order valence-electron chi connectivity index (χ1n) is 10.6. The number of carbonyl (C=O) groups excluding carboxylic acids is 2. The van der Waals surface area contributed by atoms with Gasteiger partial charge in [0.25, 0.3) is 0 Å². The van der Waals surface area contributed by atoms with Gasteiger partial charge in [-0.2, -0.15) is 0 Å². The summed E-state index contributed by atoms with van der Waals surface area (Å²) in [5.41, 5.74) is 1.06. The van der Waals surface area contributed by atoms with Gasteiger partial charge < -0.3 is 19.1 Å². The highest BCUT2D eigenvalue weighted by molar-refractivity contribution is 5.86. The SMILES string of the molecule is CCCC[C@H](CC)C(=O)N(CCC)CC(=O)N(CCOC)Cc1cccn1C. The standard InChI is InChI=1S/C22H39N3O3/c1-6-9-11-19(8-3)22(27)25(13-7-2)18-21(26)24(15-16-28-5)17-20-12-10-14-23(20)4/h10,12,14,19H,6-9,11,13,15-18H2,1-5H3/t19-/m0/s1. The van der Waals surface area contributed by atoms with Crippen molar-refractivity contribution in [2.24, 2.45) is 13.0 Å². The van der Waals surface area contributed by atoms with E-state index in [-0.39, 0.29) is 24.3 Å². The third kappa shape index (κ3) is 7.66. The van der Waals surface area contributed by atoms with Gasteiger partial charge in [-0.1, -0.05) is 33.6 Å². The average molecular weight is 394 g/mol. The maximum absolute atomic E-state index is 13.1. The number of aromatic nitrogens is 1. The topological polar surface area (TPSA) is 54.8 Å². The molecule has 0 fully saturated rings. The summed E-state index contributed by atoms with van der Waals surface area (Å²) >= 11 is 0. The minimum atomic E-state index is -0.0228. The summed E-state index contributed by atoms with van der Waals surface area (Å²) in [7, 11) is 3.61. The van der Waals surface area contributed by atoms with Crippen molar-refractivity contribution in [1.29, 1.82) is 0 Å². The second-order valence-corrected chi connectivity index (χ2v) is 7.43.